The van der Waals surface area contributed by atoms with E-state index in [-0.39, 0.29) is 15.3 Å². The number of benzene rings is 1. The van der Waals surface area contributed by atoms with Crippen molar-refractivity contribution in [3.63, 3.8) is 0 Å². The molecule has 1 aromatic rings. The highest BCUT2D eigenvalue weighted by molar-refractivity contribution is 6.68. The van der Waals surface area contributed by atoms with E-state index in [1.807, 2.05) is 0 Å². The summed E-state index contributed by atoms with van der Waals surface area (Å²) in [7, 11) is 0.547. The van der Waals surface area contributed by atoms with Crippen LogP contribution in [0, 0.1) is 0 Å². The molecule has 0 aliphatic heterocycles. The fraction of sp³-hybridized carbons (Fsp3) is 0.647. The molecule has 0 aliphatic rings. The molecule has 0 amide bonds. The molecule has 0 heterocycles. The van der Waals surface area contributed by atoms with Gasteiger partial charge in [-0.05, 0) is 33.9 Å². The lowest BCUT2D eigenvalue weighted by atomic mass is 9.78. The zero-order valence-corrected chi connectivity index (χ0v) is 16.4. The van der Waals surface area contributed by atoms with Gasteiger partial charge in [-0.15, -0.1) is 23.2 Å². The van der Waals surface area contributed by atoms with Crippen LogP contribution in [0.4, 0.5) is 0 Å². The van der Waals surface area contributed by atoms with E-state index >= 15 is 0 Å². The number of hydrogen-bond acceptors (Lipinski definition) is 1. The fourth-order valence-electron chi connectivity index (χ4n) is 2.31. The van der Waals surface area contributed by atoms with E-state index in [9.17, 15) is 5.11 Å². The van der Waals surface area contributed by atoms with Crippen LogP contribution in [0.2, 0.25) is 6.04 Å². The molecule has 0 saturated heterocycles. The minimum absolute atomic E-state index is 0.0795. The number of rotatable bonds is 4. The molecule has 1 rings (SSSR count). The molecule has 0 spiro atoms. The molecule has 1 N–H and O–H groups in total. The second kappa shape index (κ2) is 6.93. The van der Waals surface area contributed by atoms with Crippen molar-refractivity contribution >= 4 is 32.7 Å². The van der Waals surface area contributed by atoms with E-state index in [1.54, 1.807) is 0 Å². The fourth-order valence-corrected chi connectivity index (χ4v) is 3.61. The molecule has 0 aromatic heterocycles. The molecule has 118 valence electrons. The first-order valence-electron chi connectivity index (χ1n) is 7.31. The van der Waals surface area contributed by atoms with Gasteiger partial charge in [0.1, 0.15) is 5.75 Å². The van der Waals surface area contributed by atoms with Gasteiger partial charge in [0.25, 0.3) is 0 Å². The number of phenols is 1. The summed E-state index contributed by atoms with van der Waals surface area (Å²) >= 11 is 11.6. The Hall–Kier alpha value is -0.183. The highest BCUT2D eigenvalue weighted by Crippen LogP contribution is 2.39. The molecule has 2 radical (unpaired) electrons. The van der Waals surface area contributed by atoms with Gasteiger partial charge in [-0.25, -0.2) is 0 Å². The molecule has 1 nitrogen and oxygen atoms in total. The Kier molecular flexibility index (Phi) is 6.23. The molecule has 0 saturated carbocycles. The Morgan fingerprint density at radius 3 is 1.76 bits per heavy atom. The highest BCUT2D eigenvalue weighted by Gasteiger charge is 2.26. The third-order valence-electron chi connectivity index (χ3n) is 3.50. The van der Waals surface area contributed by atoms with Crippen LogP contribution in [0.5, 0.6) is 5.75 Å². The lowest BCUT2D eigenvalue weighted by molar-refractivity contribution is 0.422. The van der Waals surface area contributed by atoms with Crippen molar-refractivity contribution in [2.75, 3.05) is 0 Å². The smallest absolute Gasteiger partial charge is 0.123 e. The minimum atomic E-state index is -0.272. The van der Waals surface area contributed by atoms with Crippen molar-refractivity contribution in [3.8, 4) is 5.75 Å². The molecule has 0 fully saturated rings. The topological polar surface area (TPSA) is 20.2 Å². The molecule has 0 unspecified atom stereocenters. The van der Waals surface area contributed by atoms with Crippen molar-refractivity contribution in [2.45, 2.75) is 69.3 Å². The Morgan fingerprint density at radius 2 is 1.43 bits per heavy atom. The van der Waals surface area contributed by atoms with Gasteiger partial charge in [-0.2, -0.15) is 0 Å². The predicted octanol–water partition coefficient (Wildman–Crippen LogP) is 5.41. The van der Waals surface area contributed by atoms with Crippen LogP contribution >= 0.6 is 23.2 Å². The number of aromatic hydroxyl groups is 1. The maximum absolute atomic E-state index is 10.7. The third kappa shape index (κ3) is 5.50. The summed E-state index contributed by atoms with van der Waals surface area (Å²) in [5.41, 5.74) is 3.13. The number of hydrogen-bond donors (Lipinski definition) is 1. The van der Waals surface area contributed by atoms with Gasteiger partial charge in [0.05, 0.1) is 14.0 Å². The zero-order valence-electron chi connectivity index (χ0n) is 13.8. The van der Waals surface area contributed by atoms with Gasteiger partial charge < -0.3 is 5.11 Å². The number of aryl methyl sites for hydroxylation is 1. The minimum Gasteiger partial charge on any atom is -0.507 e. The van der Waals surface area contributed by atoms with Crippen molar-refractivity contribution in [2.24, 2.45) is 0 Å². The molecule has 21 heavy (non-hydrogen) atoms. The SMILES string of the molecule is CC(C)(C)c1cc(CC[Si]C(Cl)Cl)cc(C(C)(C)C)c1O. The molecule has 0 aliphatic carbocycles. The summed E-state index contributed by atoms with van der Waals surface area (Å²) in [6.45, 7) is 12.8. The summed E-state index contributed by atoms with van der Waals surface area (Å²) in [6.07, 6.45) is 0.945. The average Bonchev–Trinajstić information content (AvgIpc) is 2.27. The first-order valence-corrected chi connectivity index (χ1v) is 9.47. The molecule has 0 bridgehead atoms. The number of phenolic OH excluding ortho intramolecular Hbond substituents is 1. The van der Waals surface area contributed by atoms with Gasteiger partial charge >= 0.3 is 0 Å². The standard InChI is InChI=1S/C17H26Cl2OSi/c1-16(2,3)12-9-11(7-8-21-15(18)19)10-13(14(12)20)17(4,5)6/h9-10,15,20H,7-8H2,1-6H3. The van der Waals surface area contributed by atoms with Crippen molar-refractivity contribution < 1.29 is 5.11 Å². The first kappa shape index (κ1) is 18.9. The second-order valence-electron chi connectivity index (χ2n) is 7.54. The van der Waals surface area contributed by atoms with Crippen LogP contribution < -0.4 is 0 Å². The van der Waals surface area contributed by atoms with Crippen molar-refractivity contribution in [3.05, 3.63) is 28.8 Å². The van der Waals surface area contributed by atoms with Crippen LogP contribution in [0.3, 0.4) is 0 Å². The van der Waals surface area contributed by atoms with Crippen LogP contribution in [0.1, 0.15) is 58.2 Å². The van der Waals surface area contributed by atoms with Crippen LogP contribution in [0.25, 0.3) is 0 Å². The maximum atomic E-state index is 10.7. The largest absolute Gasteiger partial charge is 0.507 e. The van der Waals surface area contributed by atoms with Gasteiger partial charge in [-0.3, -0.25) is 0 Å². The van der Waals surface area contributed by atoms with Crippen molar-refractivity contribution in [1.29, 1.82) is 0 Å². The quantitative estimate of drug-likeness (QED) is 0.571. The van der Waals surface area contributed by atoms with Crippen LogP contribution in [-0.2, 0) is 17.3 Å². The highest BCUT2D eigenvalue weighted by atomic mass is 35.5. The summed E-state index contributed by atoms with van der Waals surface area (Å²) in [6, 6.07) is 5.24. The van der Waals surface area contributed by atoms with Crippen molar-refractivity contribution in [1.82, 2.24) is 0 Å². The van der Waals surface area contributed by atoms with Crippen LogP contribution in [0.15, 0.2) is 12.1 Å². The first-order chi connectivity index (χ1) is 9.43. The van der Waals surface area contributed by atoms with Gasteiger partial charge in [0, 0.05) is 0 Å². The Bertz CT molecular complexity index is 450. The Balaban J connectivity index is 3.21. The van der Waals surface area contributed by atoms with Crippen LogP contribution in [-0.4, -0.2) is 19.1 Å². The zero-order chi connectivity index (χ0) is 16.4. The Morgan fingerprint density at radius 1 is 1.00 bits per heavy atom. The average molecular weight is 345 g/mol. The van der Waals surface area contributed by atoms with Gasteiger partial charge in [0.2, 0.25) is 0 Å². The third-order valence-corrected chi connectivity index (χ3v) is 5.27. The predicted molar refractivity (Wildman–Crippen MR) is 95.3 cm³/mol. The lowest BCUT2D eigenvalue weighted by Gasteiger charge is -2.28. The summed E-state index contributed by atoms with van der Waals surface area (Å²) in [5.74, 6) is 0.439. The van der Waals surface area contributed by atoms with E-state index in [2.05, 4.69) is 53.7 Å². The van der Waals surface area contributed by atoms with E-state index in [0.29, 0.717) is 15.3 Å². The van der Waals surface area contributed by atoms with E-state index in [0.717, 1.165) is 23.6 Å². The molecule has 0 atom stereocenters. The summed E-state index contributed by atoms with van der Waals surface area (Å²) in [4.78, 5) is 0. The monoisotopic (exact) mass is 344 g/mol. The normalized spacial score (nSPS) is 13.0. The van der Waals surface area contributed by atoms with E-state index in [1.165, 1.54) is 5.56 Å². The molecule has 4 heteroatoms. The van der Waals surface area contributed by atoms with E-state index < -0.39 is 0 Å². The molecular weight excluding hydrogens is 319 g/mol. The summed E-state index contributed by atoms with van der Waals surface area (Å²) in [5, 5.41) is 10.7. The molecular formula is C17H26Cl2OSi. The van der Waals surface area contributed by atoms with Gasteiger partial charge in [0.15, 0.2) is 0 Å². The second-order valence-corrected chi connectivity index (χ2v) is 10.9. The number of halogens is 2. The maximum Gasteiger partial charge on any atom is 0.123 e. The number of alkyl halides is 2. The Labute approximate surface area is 141 Å². The lowest BCUT2D eigenvalue weighted by Crippen LogP contribution is -2.18. The van der Waals surface area contributed by atoms with Gasteiger partial charge in [-0.1, -0.05) is 59.7 Å². The van der Waals surface area contributed by atoms with E-state index in [4.69, 9.17) is 23.2 Å². The molecule has 1 aromatic carbocycles. The summed E-state index contributed by atoms with van der Waals surface area (Å²) < 4.78 is -0.272.